The first-order valence-corrected chi connectivity index (χ1v) is 12.4. The summed E-state index contributed by atoms with van der Waals surface area (Å²) in [6, 6.07) is 19.2. The second-order valence-electron chi connectivity index (χ2n) is 7.92. The number of hydrogen-bond donors (Lipinski definition) is 0. The highest BCUT2D eigenvalue weighted by atomic mass is 32.2. The fraction of sp³-hybridized carbons (Fsp3) is 0.200. The summed E-state index contributed by atoms with van der Waals surface area (Å²) in [7, 11) is -3.58. The molecule has 0 spiro atoms. The number of piperidine rings is 1. The van der Waals surface area contributed by atoms with Gasteiger partial charge < -0.3 is 4.74 Å². The van der Waals surface area contributed by atoms with Crippen LogP contribution in [0.1, 0.15) is 25.4 Å². The molecule has 1 fully saturated rings. The summed E-state index contributed by atoms with van der Waals surface area (Å²) in [5, 5.41) is 6.51. The van der Waals surface area contributed by atoms with Gasteiger partial charge in [0.2, 0.25) is 10.0 Å². The van der Waals surface area contributed by atoms with Crippen LogP contribution in [-0.4, -0.2) is 34.0 Å². The average molecular weight is 461 g/mol. The Hall–Kier alpha value is -3.49. The summed E-state index contributed by atoms with van der Waals surface area (Å²) < 4.78 is 34.5. The van der Waals surface area contributed by atoms with Gasteiger partial charge in [-0.15, -0.1) is 0 Å². The van der Waals surface area contributed by atoms with Crippen molar-refractivity contribution in [1.29, 1.82) is 0 Å². The van der Waals surface area contributed by atoms with Gasteiger partial charge in [0.05, 0.1) is 17.4 Å². The zero-order chi connectivity index (χ0) is 22.8. The van der Waals surface area contributed by atoms with Crippen molar-refractivity contribution in [2.75, 3.05) is 6.54 Å². The highest BCUT2D eigenvalue weighted by molar-refractivity contribution is 7.92. The molecule has 4 aromatic rings. The number of ether oxygens (including phenoxy) is 1. The molecule has 3 heterocycles. The molecule has 1 unspecified atom stereocenters. The van der Waals surface area contributed by atoms with Crippen molar-refractivity contribution >= 4 is 20.9 Å². The van der Waals surface area contributed by atoms with Gasteiger partial charge in [0, 0.05) is 29.1 Å². The Morgan fingerprint density at radius 1 is 1.00 bits per heavy atom. The van der Waals surface area contributed by atoms with Crippen molar-refractivity contribution < 1.29 is 13.2 Å². The summed E-state index contributed by atoms with van der Waals surface area (Å²) >= 11 is 0. The maximum absolute atomic E-state index is 12.7. The summed E-state index contributed by atoms with van der Waals surface area (Å²) in [4.78, 5) is 4.64. The van der Waals surface area contributed by atoms with E-state index in [2.05, 4.69) is 16.7 Å². The molecule has 2 aromatic heterocycles. The van der Waals surface area contributed by atoms with Gasteiger partial charge >= 0.3 is 0 Å². The maximum atomic E-state index is 12.7. The average Bonchev–Trinajstić information content (AvgIpc) is 3.29. The van der Waals surface area contributed by atoms with E-state index >= 15 is 0 Å². The van der Waals surface area contributed by atoms with Gasteiger partial charge in [-0.25, -0.2) is 13.1 Å². The van der Waals surface area contributed by atoms with Crippen LogP contribution in [0.5, 0.6) is 11.5 Å². The molecule has 0 bridgehead atoms. The fourth-order valence-corrected chi connectivity index (χ4v) is 5.37. The van der Waals surface area contributed by atoms with Gasteiger partial charge in [-0.1, -0.05) is 24.8 Å². The van der Waals surface area contributed by atoms with Crippen LogP contribution in [0, 0.1) is 0 Å². The molecule has 2 aromatic carbocycles. The van der Waals surface area contributed by atoms with Crippen molar-refractivity contribution in [3.8, 4) is 22.8 Å². The van der Waals surface area contributed by atoms with Gasteiger partial charge in [-0.05, 0) is 61.7 Å². The van der Waals surface area contributed by atoms with Crippen LogP contribution in [0.15, 0.2) is 85.0 Å². The SMILES string of the molecule is C=CS(=O)(=O)N1CCCCC1n1ncc2ccnc(-c3ccc(Oc4ccccc4)cc3)c21. The van der Waals surface area contributed by atoms with E-state index in [4.69, 9.17) is 4.74 Å². The monoisotopic (exact) mass is 460 g/mol. The lowest BCUT2D eigenvalue weighted by Crippen LogP contribution is -2.40. The van der Waals surface area contributed by atoms with Gasteiger partial charge in [0.1, 0.15) is 17.7 Å². The molecule has 1 saturated heterocycles. The van der Waals surface area contributed by atoms with Crippen LogP contribution in [0.2, 0.25) is 0 Å². The standard InChI is InChI=1S/C25H24N4O3S/c1-2-33(30,31)28-17-7-6-10-23(28)29-25-20(18-27-29)15-16-26-24(25)19-11-13-22(14-12-19)32-21-8-4-3-5-9-21/h2-5,8-9,11-16,18,23H,1,6-7,10,17H2. The first-order chi connectivity index (χ1) is 16.1. The minimum Gasteiger partial charge on any atom is -0.457 e. The summed E-state index contributed by atoms with van der Waals surface area (Å²) in [6.45, 7) is 3.95. The molecule has 1 aliphatic rings. The minimum atomic E-state index is -3.58. The number of para-hydroxylation sites is 1. The largest absolute Gasteiger partial charge is 0.457 e. The third kappa shape index (κ3) is 4.15. The Labute approximate surface area is 193 Å². The van der Waals surface area contributed by atoms with E-state index in [1.807, 2.05) is 60.7 Å². The number of hydrogen-bond acceptors (Lipinski definition) is 5. The normalized spacial score (nSPS) is 17.2. The van der Waals surface area contributed by atoms with Gasteiger partial charge in [0.25, 0.3) is 0 Å². The van der Waals surface area contributed by atoms with Crippen molar-refractivity contribution in [2.45, 2.75) is 25.4 Å². The molecule has 33 heavy (non-hydrogen) atoms. The molecule has 5 rings (SSSR count). The molecule has 0 amide bonds. The maximum Gasteiger partial charge on any atom is 0.237 e. The molecule has 0 aliphatic carbocycles. The van der Waals surface area contributed by atoms with Crippen molar-refractivity contribution in [3.63, 3.8) is 0 Å². The second kappa shape index (κ2) is 8.80. The topological polar surface area (TPSA) is 77.3 Å². The summed E-state index contributed by atoms with van der Waals surface area (Å²) in [6.07, 6.45) is 5.52. The number of rotatable bonds is 6. The molecule has 168 valence electrons. The predicted molar refractivity (Wildman–Crippen MR) is 128 cm³/mol. The number of fused-ring (bicyclic) bond motifs is 1. The molecule has 0 N–H and O–H groups in total. The van der Waals surface area contributed by atoms with E-state index in [-0.39, 0.29) is 0 Å². The molecule has 0 saturated carbocycles. The Kier molecular flexibility index (Phi) is 5.70. The summed E-state index contributed by atoms with van der Waals surface area (Å²) in [5.41, 5.74) is 2.46. The lowest BCUT2D eigenvalue weighted by molar-refractivity contribution is 0.181. The molecular weight excluding hydrogens is 436 g/mol. The highest BCUT2D eigenvalue weighted by Gasteiger charge is 2.33. The molecule has 0 radical (unpaired) electrons. The van der Waals surface area contributed by atoms with Crippen LogP contribution in [-0.2, 0) is 10.0 Å². The number of sulfonamides is 1. The third-order valence-corrected chi connectivity index (χ3v) is 7.36. The molecule has 1 atom stereocenters. The van der Waals surface area contributed by atoms with Crippen LogP contribution in [0.25, 0.3) is 22.2 Å². The van der Waals surface area contributed by atoms with E-state index < -0.39 is 16.2 Å². The smallest absolute Gasteiger partial charge is 0.237 e. The summed E-state index contributed by atoms with van der Waals surface area (Å²) in [5.74, 6) is 1.49. The molecular formula is C25H24N4O3S. The van der Waals surface area contributed by atoms with Gasteiger partial charge in [-0.3, -0.25) is 4.98 Å². The number of nitrogens with zero attached hydrogens (tertiary/aromatic N) is 4. The zero-order valence-corrected chi connectivity index (χ0v) is 18.9. The number of pyridine rings is 1. The van der Waals surface area contributed by atoms with E-state index in [0.29, 0.717) is 13.0 Å². The Balaban J connectivity index is 1.54. The first kappa shape index (κ1) is 21.4. The first-order valence-electron chi connectivity index (χ1n) is 10.9. The number of benzene rings is 2. The van der Waals surface area contributed by atoms with Crippen molar-refractivity contribution in [2.24, 2.45) is 0 Å². The quantitative estimate of drug-likeness (QED) is 0.388. The minimum absolute atomic E-state index is 0.414. The van der Waals surface area contributed by atoms with Gasteiger partial charge in [0.15, 0.2) is 0 Å². The van der Waals surface area contributed by atoms with Crippen LogP contribution >= 0.6 is 0 Å². The van der Waals surface area contributed by atoms with Crippen molar-refractivity contribution in [1.82, 2.24) is 19.1 Å². The van der Waals surface area contributed by atoms with E-state index in [1.165, 1.54) is 4.31 Å². The van der Waals surface area contributed by atoms with Crippen LogP contribution in [0.3, 0.4) is 0 Å². The molecule has 1 aliphatic heterocycles. The van der Waals surface area contributed by atoms with E-state index in [0.717, 1.165) is 51.9 Å². The lowest BCUT2D eigenvalue weighted by atomic mass is 10.1. The lowest BCUT2D eigenvalue weighted by Gasteiger charge is -2.34. The third-order valence-electron chi connectivity index (χ3n) is 5.86. The van der Waals surface area contributed by atoms with Crippen LogP contribution < -0.4 is 4.74 Å². The van der Waals surface area contributed by atoms with Gasteiger partial charge in [-0.2, -0.15) is 9.40 Å². The fourth-order valence-electron chi connectivity index (χ4n) is 4.26. The zero-order valence-electron chi connectivity index (χ0n) is 18.0. The predicted octanol–water partition coefficient (Wildman–Crippen LogP) is 5.35. The van der Waals surface area contributed by atoms with Crippen molar-refractivity contribution in [3.05, 3.63) is 85.0 Å². The Morgan fingerprint density at radius 3 is 2.52 bits per heavy atom. The van der Waals surface area contributed by atoms with E-state index in [1.54, 1.807) is 17.1 Å². The Bertz CT molecular complexity index is 1380. The Morgan fingerprint density at radius 2 is 1.76 bits per heavy atom. The second-order valence-corrected chi connectivity index (χ2v) is 9.76. The number of aromatic nitrogens is 3. The molecule has 8 heteroatoms. The van der Waals surface area contributed by atoms with E-state index in [9.17, 15) is 8.42 Å². The molecule has 7 nitrogen and oxygen atoms in total. The highest BCUT2D eigenvalue weighted by Crippen LogP contribution is 2.35. The van der Waals surface area contributed by atoms with Crippen LogP contribution in [0.4, 0.5) is 0 Å².